The summed E-state index contributed by atoms with van der Waals surface area (Å²) in [5, 5.41) is 5.89. The first-order chi connectivity index (χ1) is 18.0. The summed E-state index contributed by atoms with van der Waals surface area (Å²) >= 11 is 0. The third-order valence-corrected chi connectivity index (χ3v) is 6.50. The highest BCUT2D eigenvalue weighted by Gasteiger charge is 2.32. The van der Waals surface area contributed by atoms with Crippen molar-refractivity contribution in [2.45, 2.75) is 39.0 Å². The van der Waals surface area contributed by atoms with Crippen molar-refractivity contribution in [2.24, 2.45) is 0 Å². The van der Waals surface area contributed by atoms with E-state index in [0.29, 0.717) is 25.2 Å². The van der Waals surface area contributed by atoms with Crippen molar-refractivity contribution in [3.8, 4) is 0 Å². The third-order valence-electron chi connectivity index (χ3n) is 6.50. The molecule has 1 heterocycles. The van der Waals surface area contributed by atoms with Crippen molar-refractivity contribution >= 4 is 17.9 Å². The topological polar surface area (TPSA) is 64.7 Å². The lowest BCUT2D eigenvalue weighted by atomic mass is 9.96. The maximum absolute atomic E-state index is 14.6. The molecular weight excluding hydrogens is 507 g/mol. The maximum Gasteiger partial charge on any atom is 0.390 e. The molecule has 0 aromatic heterocycles. The van der Waals surface area contributed by atoms with Gasteiger partial charge in [-0.3, -0.25) is 14.5 Å². The van der Waals surface area contributed by atoms with Gasteiger partial charge in [0.1, 0.15) is 11.6 Å². The molecule has 1 aliphatic heterocycles. The molecule has 206 valence electrons. The number of benzene rings is 2. The Hall–Kier alpha value is -3.31. The van der Waals surface area contributed by atoms with E-state index in [0.717, 1.165) is 4.90 Å². The standard InChI is InChI=1S/C27H31F5N4O2/c1-18-14-33-10-12-35(18)16-24(36(17-37)11-9-27(30,31)32)25(22-7-4-8-23(29)19(22)2)26(38)34-15-20-5-3-6-21(28)13-20/h3-8,13,17-18,33H,9-12,14-16H2,1-2H3,(H,34,38)/b25-24+. The second-order valence-electron chi connectivity index (χ2n) is 9.23. The molecule has 3 rings (SSSR count). The largest absolute Gasteiger partial charge is 0.390 e. The third kappa shape index (κ3) is 7.84. The molecule has 6 nitrogen and oxygen atoms in total. The zero-order valence-corrected chi connectivity index (χ0v) is 21.2. The van der Waals surface area contributed by atoms with Gasteiger partial charge in [0.15, 0.2) is 0 Å². The van der Waals surface area contributed by atoms with Crippen molar-refractivity contribution < 1.29 is 31.5 Å². The molecule has 0 spiro atoms. The van der Waals surface area contributed by atoms with E-state index in [-0.39, 0.29) is 47.9 Å². The minimum atomic E-state index is -4.54. The molecule has 2 aromatic rings. The lowest BCUT2D eigenvalue weighted by molar-refractivity contribution is -0.139. The fourth-order valence-electron chi connectivity index (χ4n) is 4.33. The fourth-order valence-corrected chi connectivity index (χ4v) is 4.33. The number of amides is 2. The van der Waals surface area contributed by atoms with Crippen LogP contribution in [0.15, 0.2) is 48.2 Å². The Morgan fingerprint density at radius 2 is 1.95 bits per heavy atom. The van der Waals surface area contributed by atoms with Crippen molar-refractivity contribution in [3.05, 3.63) is 76.5 Å². The molecule has 0 aliphatic carbocycles. The Morgan fingerprint density at radius 1 is 1.21 bits per heavy atom. The minimum absolute atomic E-state index is 0.0158. The molecule has 2 aromatic carbocycles. The predicted octanol–water partition coefficient (Wildman–Crippen LogP) is 4.01. The van der Waals surface area contributed by atoms with Crippen molar-refractivity contribution in [3.63, 3.8) is 0 Å². The number of nitrogens with one attached hydrogen (secondary N) is 2. The summed E-state index contributed by atoms with van der Waals surface area (Å²) in [7, 11) is 0. The van der Waals surface area contributed by atoms with Gasteiger partial charge in [-0.05, 0) is 48.7 Å². The van der Waals surface area contributed by atoms with E-state index >= 15 is 0 Å². The van der Waals surface area contributed by atoms with E-state index in [9.17, 15) is 31.5 Å². The summed E-state index contributed by atoms with van der Waals surface area (Å²) in [5.74, 6) is -1.83. The van der Waals surface area contributed by atoms with Gasteiger partial charge < -0.3 is 15.5 Å². The number of carbonyl (C=O) groups excluding carboxylic acids is 2. The van der Waals surface area contributed by atoms with E-state index in [1.807, 2.05) is 11.8 Å². The first kappa shape index (κ1) is 29.2. The number of hydrogen-bond acceptors (Lipinski definition) is 4. The molecule has 1 fully saturated rings. The number of carbonyl (C=O) groups is 2. The van der Waals surface area contributed by atoms with Crippen LogP contribution in [-0.4, -0.2) is 67.1 Å². The van der Waals surface area contributed by atoms with E-state index in [1.165, 1.54) is 43.3 Å². The number of nitrogens with zero attached hydrogens (tertiary/aromatic N) is 2. The first-order valence-corrected chi connectivity index (χ1v) is 12.2. The predicted molar refractivity (Wildman–Crippen MR) is 134 cm³/mol. The number of rotatable bonds is 10. The van der Waals surface area contributed by atoms with Crippen LogP contribution < -0.4 is 10.6 Å². The Bertz CT molecular complexity index is 1170. The van der Waals surface area contributed by atoms with Crippen molar-refractivity contribution in [2.75, 3.05) is 32.7 Å². The molecule has 1 saturated heterocycles. The highest BCUT2D eigenvalue weighted by molar-refractivity contribution is 6.21. The van der Waals surface area contributed by atoms with Gasteiger partial charge in [0, 0.05) is 51.0 Å². The van der Waals surface area contributed by atoms with Crippen LogP contribution in [-0.2, 0) is 16.1 Å². The molecular formula is C27H31F5N4O2. The van der Waals surface area contributed by atoms with Gasteiger partial charge in [0.05, 0.1) is 12.0 Å². The van der Waals surface area contributed by atoms with Gasteiger partial charge in [0.25, 0.3) is 5.91 Å². The van der Waals surface area contributed by atoms with Gasteiger partial charge in [-0.25, -0.2) is 8.78 Å². The van der Waals surface area contributed by atoms with Crippen LogP contribution in [0.1, 0.15) is 30.0 Å². The molecule has 2 N–H and O–H groups in total. The molecule has 1 aliphatic rings. The molecule has 11 heteroatoms. The summed E-state index contributed by atoms with van der Waals surface area (Å²) in [6.45, 7) is 4.30. The van der Waals surface area contributed by atoms with Crippen LogP contribution >= 0.6 is 0 Å². The second-order valence-corrected chi connectivity index (χ2v) is 9.23. The maximum atomic E-state index is 14.6. The summed E-state index contributed by atoms with van der Waals surface area (Å²) in [6.07, 6.45) is -5.56. The highest BCUT2D eigenvalue weighted by atomic mass is 19.4. The summed E-state index contributed by atoms with van der Waals surface area (Å²) in [5.41, 5.74) is 0.631. The van der Waals surface area contributed by atoms with Gasteiger partial charge in [-0.15, -0.1) is 0 Å². The van der Waals surface area contributed by atoms with Gasteiger partial charge in [-0.2, -0.15) is 13.2 Å². The van der Waals surface area contributed by atoms with Crippen molar-refractivity contribution in [1.29, 1.82) is 0 Å². The van der Waals surface area contributed by atoms with E-state index < -0.39 is 36.7 Å². The lowest BCUT2D eigenvalue weighted by Crippen LogP contribution is -2.51. The molecule has 0 radical (unpaired) electrons. The van der Waals surface area contributed by atoms with Gasteiger partial charge in [0.2, 0.25) is 6.41 Å². The quantitative estimate of drug-likeness (QED) is 0.273. The van der Waals surface area contributed by atoms with E-state index in [1.54, 1.807) is 6.07 Å². The summed E-state index contributed by atoms with van der Waals surface area (Å²) < 4.78 is 67.7. The fraction of sp³-hybridized carbons (Fsp3) is 0.407. The minimum Gasteiger partial charge on any atom is -0.348 e. The smallest absolute Gasteiger partial charge is 0.348 e. The molecule has 2 amide bonds. The van der Waals surface area contributed by atoms with Crippen LogP contribution in [0.25, 0.3) is 5.57 Å². The zero-order valence-electron chi connectivity index (χ0n) is 21.2. The van der Waals surface area contributed by atoms with Gasteiger partial charge >= 0.3 is 6.18 Å². The monoisotopic (exact) mass is 538 g/mol. The zero-order chi connectivity index (χ0) is 27.9. The van der Waals surface area contributed by atoms with Crippen LogP contribution in [0, 0.1) is 18.6 Å². The molecule has 38 heavy (non-hydrogen) atoms. The normalized spacial score (nSPS) is 17.1. The van der Waals surface area contributed by atoms with Gasteiger partial charge in [-0.1, -0.05) is 24.3 Å². The highest BCUT2D eigenvalue weighted by Crippen LogP contribution is 2.29. The van der Waals surface area contributed by atoms with Crippen LogP contribution in [0.2, 0.25) is 0 Å². The number of hydrogen-bond donors (Lipinski definition) is 2. The van der Waals surface area contributed by atoms with E-state index in [2.05, 4.69) is 10.6 Å². The van der Waals surface area contributed by atoms with Crippen LogP contribution in [0.4, 0.5) is 22.0 Å². The van der Waals surface area contributed by atoms with Crippen molar-refractivity contribution in [1.82, 2.24) is 20.4 Å². The number of piperazine rings is 1. The Kier molecular flexibility index (Phi) is 9.98. The molecule has 0 bridgehead atoms. The molecule has 1 atom stereocenters. The average Bonchev–Trinajstić information content (AvgIpc) is 2.86. The first-order valence-electron chi connectivity index (χ1n) is 12.2. The Labute approximate surface area is 218 Å². The summed E-state index contributed by atoms with van der Waals surface area (Å²) in [6, 6.07) is 9.62. The SMILES string of the molecule is Cc1c(F)cccc1/C(C(=O)NCc1cccc(F)c1)=C(/CN1CCNCC1C)N(C=O)CCC(F)(F)F. The van der Waals surface area contributed by atoms with E-state index in [4.69, 9.17) is 0 Å². The van der Waals surface area contributed by atoms with Crippen LogP contribution in [0.5, 0.6) is 0 Å². The Balaban J connectivity index is 2.13. The number of alkyl halides is 3. The molecule has 0 saturated carbocycles. The second kappa shape index (κ2) is 13.0. The lowest BCUT2D eigenvalue weighted by Gasteiger charge is -2.37. The Morgan fingerprint density at radius 3 is 2.61 bits per heavy atom. The average molecular weight is 539 g/mol. The van der Waals surface area contributed by atoms with Crippen LogP contribution in [0.3, 0.4) is 0 Å². The number of halogens is 5. The molecule has 1 unspecified atom stereocenters. The summed E-state index contributed by atoms with van der Waals surface area (Å²) in [4.78, 5) is 28.7.